The van der Waals surface area contributed by atoms with E-state index in [1.807, 2.05) is 0 Å². The van der Waals surface area contributed by atoms with Gasteiger partial charge in [-0.05, 0) is 36.4 Å². The van der Waals surface area contributed by atoms with Gasteiger partial charge in [-0.25, -0.2) is 17.5 Å². The molecule has 0 saturated carbocycles. The molecule has 0 unspecified atom stereocenters. The van der Waals surface area contributed by atoms with Gasteiger partial charge in [0.2, 0.25) is 15.9 Å². The van der Waals surface area contributed by atoms with Crippen molar-refractivity contribution in [3.05, 3.63) is 63.9 Å². The Morgan fingerprint density at radius 1 is 1.00 bits per heavy atom. The zero-order valence-corrected chi connectivity index (χ0v) is 18.7. The average molecular weight is 488 g/mol. The minimum atomic E-state index is -3.76. The van der Waals surface area contributed by atoms with Gasteiger partial charge in [0.15, 0.2) is 0 Å². The molecule has 0 bridgehead atoms. The van der Waals surface area contributed by atoms with Crippen molar-refractivity contribution in [3.63, 3.8) is 0 Å². The van der Waals surface area contributed by atoms with Crippen molar-refractivity contribution in [2.24, 2.45) is 0 Å². The molecule has 1 N–H and O–H groups in total. The molecule has 7 nitrogen and oxygen atoms in total. The lowest BCUT2D eigenvalue weighted by molar-refractivity contribution is -0.132. The van der Waals surface area contributed by atoms with Gasteiger partial charge >= 0.3 is 0 Å². The van der Waals surface area contributed by atoms with Gasteiger partial charge in [-0.3, -0.25) is 9.59 Å². The highest BCUT2D eigenvalue weighted by atomic mass is 35.5. The Bertz CT molecular complexity index is 1090. The molecular formula is C20H20Cl2FN3O4S. The number of benzene rings is 2. The van der Waals surface area contributed by atoms with Crippen LogP contribution in [0.15, 0.2) is 47.4 Å². The SMILES string of the molecule is O=C(CCNS(=O)(=O)c1cccc(Cl)c1)N1CCN(C(=O)c2ccc(F)cc2Cl)CC1. The van der Waals surface area contributed by atoms with Crippen molar-refractivity contribution in [1.82, 2.24) is 14.5 Å². The van der Waals surface area contributed by atoms with Crippen LogP contribution in [0.2, 0.25) is 10.0 Å². The highest BCUT2D eigenvalue weighted by Crippen LogP contribution is 2.20. The second-order valence-corrected chi connectivity index (χ2v) is 9.51. The van der Waals surface area contributed by atoms with Crippen LogP contribution in [0, 0.1) is 5.82 Å². The summed E-state index contributed by atoms with van der Waals surface area (Å²) in [4.78, 5) is 28.1. The molecule has 0 aliphatic carbocycles. The Morgan fingerprint density at radius 3 is 2.32 bits per heavy atom. The molecule has 11 heteroatoms. The fraction of sp³-hybridized carbons (Fsp3) is 0.300. The number of carbonyl (C=O) groups is 2. The average Bonchev–Trinajstić information content (AvgIpc) is 2.73. The predicted octanol–water partition coefficient (Wildman–Crippen LogP) is 2.79. The smallest absolute Gasteiger partial charge is 0.255 e. The quantitative estimate of drug-likeness (QED) is 0.678. The number of halogens is 3. The molecule has 1 heterocycles. The summed E-state index contributed by atoms with van der Waals surface area (Å²) < 4.78 is 40.1. The summed E-state index contributed by atoms with van der Waals surface area (Å²) in [5.74, 6) is -1.07. The molecule has 2 aromatic carbocycles. The summed E-state index contributed by atoms with van der Waals surface area (Å²) in [5.41, 5.74) is 0.207. The van der Waals surface area contributed by atoms with E-state index < -0.39 is 15.8 Å². The van der Waals surface area contributed by atoms with Crippen molar-refractivity contribution < 1.29 is 22.4 Å². The third-order valence-electron chi connectivity index (χ3n) is 4.82. The molecule has 166 valence electrons. The van der Waals surface area contributed by atoms with E-state index in [0.29, 0.717) is 31.2 Å². The number of rotatable bonds is 6. The normalized spacial score (nSPS) is 14.5. The maximum atomic E-state index is 13.2. The molecule has 0 radical (unpaired) electrons. The van der Waals surface area contributed by atoms with E-state index in [1.165, 1.54) is 30.3 Å². The number of nitrogens with zero attached hydrogens (tertiary/aromatic N) is 2. The van der Waals surface area contributed by atoms with Crippen LogP contribution in [0.25, 0.3) is 0 Å². The van der Waals surface area contributed by atoms with Crippen LogP contribution < -0.4 is 4.72 Å². The van der Waals surface area contributed by atoms with E-state index >= 15 is 0 Å². The molecule has 1 fully saturated rings. The van der Waals surface area contributed by atoms with Crippen LogP contribution >= 0.6 is 23.2 Å². The molecule has 0 spiro atoms. The van der Waals surface area contributed by atoms with Crippen molar-refractivity contribution >= 4 is 45.0 Å². The zero-order valence-electron chi connectivity index (χ0n) is 16.4. The number of amides is 2. The number of piperazine rings is 1. The Labute approximate surface area is 189 Å². The van der Waals surface area contributed by atoms with E-state index in [2.05, 4.69) is 4.72 Å². The first-order valence-electron chi connectivity index (χ1n) is 9.45. The van der Waals surface area contributed by atoms with Crippen LogP contribution in [0.1, 0.15) is 16.8 Å². The molecule has 1 saturated heterocycles. The molecule has 0 atom stereocenters. The zero-order chi connectivity index (χ0) is 22.6. The lowest BCUT2D eigenvalue weighted by Crippen LogP contribution is -2.51. The molecular weight excluding hydrogens is 468 g/mol. The Hall–Kier alpha value is -2.20. The van der Waals surface area contributed by atoms with E-state index in [0.717, 1.165) is 6.07 Å². The Kier molecular flexibility index (Phi) is 7.53. The first kappa shape index (κ1) is 23.5. The molecule has 31 heavy (non-hydrogen) atoms. The van der Waals surface area contributed by atoms with Crippen molar-refractivity contribution in [2.45, 2.75) is 11.3 Å². The van der Waals surface area contributed by atoms with Crippen LogP contribution in [0.4, 0.5) is 4.39 Å². The first-order valence-corrected chi connectivity index (χ1v) is 11.7. The predicted molar refractivity (Wildman–Crippen MR) is 115 cm³/mol. The second kappa shape index (κ2) is 9.95. The maximum Gasteiger partial charge on any atom is 0.255 e. The fourth-order valence-electron chi connectivity index (χ4n) is 3.16. The monoisotopic (exact) mass is 487 g/mol. The van der Waals surface area contributed by atoms with E-state index in [9.17, 15) is 22.4 Å². The van der Waals surface area contributed by atoms with Gasteiger partial charge in [0.25, 0.3) is 5.91 Å². The topological polar surface area (TPSA) is 86.8 Å². The van der Waals surface area contributed by atoms with Crippen LogP contribution in [0.5, 0.6) is 0 Å². The minimum Gasteiger partial charge on any atom is -0.339 e. The largest absolute Gasteiger partial charge is 0.339 e. The summed E-state index contributed by atoms with van der Waals surface area (Å²) in [5, 5.41) is 0.337. The summed E-state index contributed by atoms with van der Waals surface area (Å²) in [6.45, 7) is 1.16. The van der Waals surface area contributed by atoms with Crippen LogP contribution in [-0.2, 0) is 14.8 Å². The van der Waals surface area contributed by atoms with E-state index in [4.69, 9.17) is 23.2 Å². The highest BCUT2D eigenvalue weighted by Gasteiger charge is 2.26. The third-order valence-corrected chi connectivity index (χ3v) is 6.82. The number of hydrogen-bond donors (Lipinski definition) is 1. The molecule has 2 amide bonds. The fourth-order valence-corrected chi connectivity index (χ4v) is 4.74. The number of carbonyl (C=O) groups excluding carboxylic acids is 2. The van der Waals surface area contributed by atoms with Crippen LogP contribution in [-0.4, -0.2) is 62.8 Å². The van der Waals surface area contributed by atoms with Gasteiger partial charge in [-0.15, -0.1) is 0 Å². The standard InChI is InChI=1S/C20H20Cl2FN3O4S/c21-14-2-1-3-16(12-14)31(29,30)24-7-6-19(27)25-8-10-26(11-9-25)20(28)17-5-4-15(23)13-18(17)22/h1-5,12-13,24H,6-11H2. The molecule has 1 aliphatic heterocycles. The number of hydrogen-bond acceptors (Lipinski definition) is 4. The Morgan fingerprint density at radius 2 is 1.68 bits per heavy atom. The number of nitrogens with one attached hydrogen (secondary N) is 1. The molecule has 1 aliphatic rings. The molecule has 2 aromatic rings. The Balaban J connectivity index is 1.48. The highest BCUT2D eigenvalue weighted by molar-refractivity contribution is 7.89. The third kappa shape index (κ3) is 5.94. The van der Waals surface area contributed by atoms with Gasteiger partial charge in [0.05, 0.1) is 15.5 Å². The lowest BCUT2D eigenvalue weighted by atomic mass is 10.1. The first-order chi connectivity index (χ1) is 14.7. The summed E-state index contributed by atoms with van der Waals surface area (Å²) in [6.07, 6.45) is -0.0163. The lowest BCUT2D eigenvalue weighted by Gasteiger charge is -2.35. The van der Waals surface area contributed by atoms with Gasteiger partial charge in [0, 0.05) is 44.2 Å². The maximum absolute atomic E-state index is 13.2. The summed E-state index contributed by atoms with van der Waals surface area (Å²) >= 11 is 11.8. The van der Waals surface area contributed by atoms with E-state index in [-0.39, 0.29) is 40.3 Å². The van der Waals surface area contributed by atoms with Crippen molar-refractivity contribution in [2.75, 3.05) is 32.7 Å². The van der Waals surface area contributed by atoms with Crippen molar-refractivity contribution in [3.8, 4) is 0 Å². The van der Waals surface area contributed by atoms with E-state index in [1.54, 1.807) is 15.9 Å². The van der Waals surface area contributed by atoms with Gasteiger partial charge in [-0.2, -0.15) is 0 Å². The molecule has 3 rings (SSSR count). The van der Waals surface area contributed by atoms with Crippen molar-refractivity contribution in [1.29, 1.82) is 0 Å². The minimum absolute atomic E-state index is 0.0163. The summed E-state index contributed by atoms with van der Waals surface area (Å²) in [7, 11) is -3.76. The second-order valence-electron chi connectivity index (χ2n) is 6.90. The number of sulfonamides is 1. The van der Waals surface area contributed by atoms with Gasteiger partial charge < -0.3 is 9.80 Å². The molecule has 0 aromatic heterocycles. The van der Waals surface area contributed by atoms with Gasteiger partial charge in [-0.1, -0.05) is 29.3 Å². The van der Waals surface area contributed by atoms with Gasteiger partial charge in [0.1, 0.15) is 5.82 Å². The van der Waals surface area contributed by atoms with Crippen LogP contribution in [0.3, 0.4) is 0 Å². The summed E-state index contributed by atoms with van der Waals surface area (Å²) in [6, 6.07) is 9.43.